The van der Waals surface area contributed by atoms with Gasteiger partial charge in [-0.2, -0.15) is 0 Å². The number of hydrogen-bond donors (Lipinski definition) is 1. The largest absolute Gasteiger partial charge is 0.480 e. The fourth-order valence-electron chi connectivity index (χ4n) is 2.51. The predicted octanol–water partition coefficient (Wildman–Crippen LogP) is 4.09. The molecule has 0 aliphatic carbocycles. The molecule has 1 fully saturated rings. The third-order valence-electron chi connectivity index (χ3n) is 3.94. The van der Waals surface area contributed by atoms with Gasteiger partial charge < -0.3 is 5.11 Å². The summed E-state index contributed by atoms with van der Waals surface area (Å²) < 4.78 is 0.319. The first-order valence-electron chi connectivity index (χ1n) is 8.06. The van der Waals surface area contributed by atoms with E-state index in [4.69, 9.17) is 12.2 Å². The lowest BCUT2D eigenvalue weighted by atomic mass is 10.1. The number of thioether (sulfide) groups is 1. The van der Waals surface area contributed by atoms with Gasteiger partial charge in [-0.3, -0.25) is 9.69 Å². The average Bonchev–Trinajstić information content (AvgIpc) is 2.83. The van der Waals surface area contributed by atoms with E-state index in [0.29, 0.717) is 15.6 Å². The van der Waals surface area contributed by atoms with Crippen LogP contribution in [-0.2, 0) is 16.0 Å². The molecule has 24 heavy (non-hydrogen) atoms. The molecule has 0 bridgehead atoms. The Morgan fingerprint density at radius 2 is 2.00 bits per heavy atom. The lowest BCUT2D eigenvalue weighted by Gasteiger charge is -2.22. The molecule has 4 nitrogen and oxygen atoms in total. The van der Waals surface area contributed by atoms with Gasteiger partial charge in [0.05, 0.1) is 4.91 Å². The number of aryl methyl sites for hydroxylation is 1. The summed E-state index contributed by atoms with van der Waals surface area (Å²) in [5.41, 5.74) is 2.14. The van der Waals surface area contributed by atoms with Crippen molar-refractivity contribution in [2.24, 2.45) is 0 Å². The summed E-state index contributed by atoms with van der Waals surface area (Å²) in [6, 6.07) is 7.07. The van der Waals surface area contributed by atoms with Crippen LogP contribution in [0.1, 0.15) is 44.2 Å². The highest BCUT2D eigenvalue weighted by atomic mass is 32.2. The Hall–Kier alpha value is -1.66. The van der Waals surface area contributed by atoms with E-state index in [1.165, 1.54) is 22.2 Å². The lowest BCUT2D eigenvalue weighted by molar-refractivity contribution is -0.145. The van der Waals surface area contributed by atoms with Crippen LogP contribution in [-0.4, -0.2) is 32.2 Å². The molecule has 1 aromatic carbocycles. The Morgan fingerprint density at radius 1 is 1.33 bits per heavy atom. The molecule has 0 spiro atoms. The smallest absolute Gasteiger partial charge is 0.326 e. The Bertz CT molecular complexity index is 667. The van der Waals surface area contributed by atoms with Crippen molar-refractivity contribution in [3.63, 3.8) is 0 Å². The maximum atomic E-state index is 12.6. The van der Waals surface area contributed by atoms with Gasteiger partial charge in [0.15, 0.2) is 0 Å². The molecule has 1 heterocycles. The Labute approximate surface area is 151 Å². The van der Waals surface area contributed by atoms with Crippen molar-refractivity contribution in [3.05, 3.63) is 40.3 Å². The van der Waals surface area contributed by atoms with Crippen molar-refractivity contribution < 1.29 is 14.7 Å². The summed E-state index contributed by atoms with van der Waals surface area (Å²) >= 11 is 6.43. The number of carbonyl (C=O) groups is 2. The van der Waals surface area contributed by atoms with Gasteiger partial charge in [-0.15, -0.1) is 0 Å². The van der Waals surface area contributed by atoms with Gasteiger partial charge >= 0.3 is 5.97 Å². The average molecular weight is 364 g/mol. The summed E-state index contributed by atoms with van der Waals surface area (Å²) in [5.74, 6) is -1.32. The Kier molecular flexibility index (Phi) is 6.57. The van der Waals surface area contributed by atoms with Crippen molar-refractivity contribution >= 4 is 46.3 Å². The first-order chi connectivity index (χ1) is 11.5. The van der Waals surface area contributed by atoms with Crippen molar-refractivity contribution in [3.8, 4) is 0 Å². The number of carbonyl (C=O) groups excluding carboxylic acids is 1. The molecule has 6 heteroatoms. The van der Waals surface area contributed by atoms with Crippen LogP contribution < -0.4 is 0 Å². The first-order valence-corrected chi connectivity index (χ1v) is 9.29. The molecule has 1 N–H and O–H groups in total. The zero-order valence-electron chi connectivity index (χ0n) is 13.8. The number of amides is 1. The van der Waals surface area contributed by atoms with Crippen molar-refractivity contribution in [1.29, 1.82) is 0 Å². The Morgan fingerprint density at radius 3 is 2.54 bits per heavy atom. The molecule has 0 aromatic heterocycles. The van der Waals surface area contributed by atoms with E-state index in [1.807, 2.05) is 31.2 Å². The van der Waals surface area contributed by atoms with E-state index in [0.717, 1.165) is 24.8 Å². The monoisotopic (exact) mass is 363 g/mol. The number of aliphatic carboxylic acids is 1. The number of hydrogen-bond acceptors (Lipinski definition) is 4. The van der Waals surface area contributed by atoms with Gasteiger partial charge in [0.1, 0.15) is 10.4 Å². The molecule has 128 valence electrons. The fraction of sp³-hybridized carbons (Fsp3) is 0.389. The summed E-state index contributed by atoms with van der Waals surface area (Å²) in [7, 11) is 0. The van der Waals surface area contributed by atoms with Gasteiger partial charge in [0, 0.05) is 0 Å². The van der Waals surface area contributed by atoms with E-state index in [9.17, 15) is 14.7 Å². The third-order valence-corrected chi connectivity index (χ3v) is 5.27. The predicted molar refractivity (Wildman–Crippen MR) is 102 cm³/mol. The normalized spacial score (nSPS) is 17.6. The minimum absolute atomic E-state index is 0.312. The van der Waals surface area contributed by atoms with Crippen LogP contribution in [0.25, 0.3) is 6.08 Å². The topological polar surface area (TPSA) is 57.6 Å². The van der Waals surface area contributed by atoms with Crippen molar-refractivity contribution in [2.45, 2.75) is 45.6 Å². The number of rotatable bonds is 7. The van der Waals surface area contributed by atoms with Crippen LogP contribution in [0.4, 0.5) is 0 Å². The van der Waals surface area contributed by atoms with Crippen LogP contribution in [0.5, 0.6) is 0 Å². The maximum Gasteiger partial charge on any atom is 0.326 e. The second-order valence-corrected chi connectivity index (χ2v) is 7.32. The molecule has 0 radical (unpaired) electrons. The van der Waals surface area contributed by atoms with E-state index in [1.54, 1.807) is 6.08 Å². The quantitative estimate of drug-likeness (QED) is 0.584. The molecule has 1 aliphatic heterocycles. The van der Waals surface area contributed by atoms with Crippen LogP contribution in [0.2, 0.25) is 0 Å². The lowest BCUT2D eigenvalue weighted by Crippen LogP contribution is -2.43. The number of unbranched alkanes of at least 4 members (excludes halogenated alkanes) is 1. The highest BCUT2D eigenvalue weighted by Crippen LogP contribution is 2.35. The van der Waals surface area contributed by atoms with E-state index >= 15 is 0 Å². The standard InChI is InChI=1S/C18H21NO3S2/c1-3-5-6-14(17(21)22)19-16(20)15(24-18(19)23)11-13-9-7-12(4-2)8-10-13/h7-11,14H,3-6H2,1-2H3,(H,21,22)/b15-11-. The summed E-state index contributed by atoms with van der Waals surface area (Å²) in [6.45, 7) is 4.07. The molecule has 1 saturated heterocycles. The summed E-state index contributed by atoms with van der Waals surface area (Å²) in [6.07, 6.45) is 4.76. The maximum absolute atomic E-state index is 12.6. The van der Waals surface area contributed by atoms with Gasteiger partial charge in [-0.1, -0.05) is 74.9 Å². The van der Waals surface area contributed by atoms with Crippen LogP contribution in [0.3, 0.4) is 0 Å². The van der Waals surface area contributed by atoms with E-state index in [2.05, 4.69) is 6.92 Å². The van der Waals surface area contributed by atoms with Gasteiger partial charge in [-0.05, 0) is 30.0 Å². The zero-order chi connectivity index (χ0) is 17.7. The van der Waals surface area contributed by atoms with Crippen LogP contribution >= 0.6 is 24.0 Å². The van der Waals surface area contributed by atoms with Crippen LogP contribution in [0, 0.1) is 0 Å². The first kappa shape index (κ1) is 18.7. The molecule has 1 amide bonds. The van der Waals surface area contributed by atoms with Gasteiger partial charge in [0.2, 0.25) is 0 Å². The van der Waals surface area contributed by atoms with Crippen LogP contribution in [0.15, 0.2) is 29.2 Å². The Balaban J connectivity index is 2.23. The summed E-state index contributed by atoms with van der Waals surface area (Å²) in [5, 5.41) is 9.45. The highest BCUT2D eigenvalue weighted by Gasteiger charge is 2.40. The van der Waals surface area contributed by atoms with Crippen molar-refractivity contribution in [1.82, 2.24) is 4.90 Å². The number of thiocarbonyl (C=S) groups is 1. The van der Waals surface area contributed by atoms with E-state index < -0.39 is 12.0 Å². The third kappa shape index (κ3) is 4.24. The number of carboxylic acids is 1. The summed E-state index contributed by atoms with van der Waals surface area (Å²) in [4.78, 5) is 25.9. The molecular weight excluding hydrogens is 342 g/mol. The zero-order valence-corrected chi connectivity index (χ0v) is 15.5. The fourth-order valence-corrected chi connectivity index (χ4v) is 3.87. The van der Waals surface area contributed by atoms with Gasteiger partial charge in [0.25, 0.3) is 5.91 Å². The second kappa shape index (κ2) is 8.44. The van der Waals surface area contributed by atoms with Crippen molar-refractivity contribution in [2.75, 3.05) is 0 Å². The molecular formula is C18H21NO3S2. The van der Waals surface area contributed by atoms with E-state index in [-0.39, 0.29) is 5.91 Å². The molecule has 1 aliphatic rings. The molecule has 1 atom stereocenters. The minimum Gasteiger partial charge on any atom is -0.480 e. The molecule has 0 saturated carbocycles. The number of benzene rings is 1. The SMILES string of the molecule is CCCCC(C(=O)O)N1C(=O)/C(=C/c2ccc(CC)cc2)SC1=S. The number of nitrogens with zero attached hydrogens (tertiary/aromatic N) is 1. The highest BCUT2D eigenvalue weighted by molar-refractivity contribution is 8.26. The second-order valence-electron chi connectivity index (χ2n) is 5.64. The molecule has 1 aromatic rings. The number of carboxylic acid groups (broad SMARTS) is 1. The molecule has 2 rings (SSSR count). The minimum atomic E-state index is -1.01. The van der Waals surface area contributed by atoms with Gasteiger partial charge in [-0.25, -0.2) is 4.79 Å². The molecule has 1 unspecified atom stereocenters.